The number of methoxy groups -OCH3 is 1. The highest BCUT2D eigenvalue weighted by atomic mass is 35.5. The summed E-state index contributed by atoms with van der Waals surface area (Å²) in [6.07, 6.45) is 0. The maximum absolute atomic E-state index is 12.1. The maximum Gasteiger partial charge on any atom is 0.253 e. The van der Waals surface area contributed by atoms with Gasteiger partial charge in [0, 0.05) is 6.54 Å². The summed E-state index contributed by atoms with van der Waals surface area (Å²) in [7, 11) is 1.60. The number of hydrogen-bond donors (Lipinski definition) is 2. The fourth-order valence-corrected chi connectivity index (χ4v) is 2.00. The SMILES string of the molecule is COc1cccc(CNC(=O)c2cccc(N)c2Cl)c1. The topological polar surface area (TPSA) is 64.3 Å². The number of hydrogen-bond acceptors (Lipinski definition) is 3. The normalized spacial score (nSPS) is 10.1. The smallest absolute Gasteiger partial charge is 0.253 e. The third kappa shape index (κ3) is 3.22. The molecule has 0 bridgehead atoms. The van der Waals surface area contributed by atoms with Gasteiger partial charge in [0.05, 0.1) is 23.4 Å². The zero-order chi connectivity index (χ0) is 14.5. The van der Waals surface area contributed by atoms with Crippen molar-refractivity contribution in [1.29, 1.82) is 0 Å². The first kappa shape index (κ1) is 14.2. The number of carbonyl (C=O) groups is 1. The van der Waals surface area contributed by atoms with E-state index in [1.807, 2.05) is 24.3 Å². The van der Waals surface area contributed by atoms with E-state index in [9.17, 15) is 4.79 Å². The standard InChI is InChI=1S/C15H15ClN2O2/c1-20-11-5-2-4-10(8-11)9-18-15(19)12-6-3-7-13(17)14(12)16/h2-8H,9,17H2,1H3,(H,18,19). The molecule has 0 spiro atoms. The van der Waals surface area contributed by atoms with Crippen LogP contribution in [0, 0.1) is 0 Å². The first-order valence-electron chi connectivity index (χ1n) is 6.07. The van der Waals surface area contributed by atoms with E-state index in [-0.39, 0.29) is 10.9 Å². The Morgan fingerprint density at radius 1 is 1.30 bits per heavy atom. The Hall–Kier alpha value is -2.20. The van der Waals surface area contributed by atoms with Crippen molar-refractivity contribution in [1.82, 2.24) is 5.32 Å². The van der Waals surface area contributed by atoms with Crippen molar-refractivity contribution in [2.24, 2.45) is 0 Å². The highest BCUT2D eigenvalue weighted by Gasteiger charge is 2.11. The van der Waals surface area contributed by atoms with Crippen LogP contribution in [0.2, 0.25) is 5.02 Å². The zero-order valence-electron chi connectivity index (χ0n) is 11.0. The molecule has 2 rings (SSSR count). The van der Waals surface area contributed by atoms with Gasteiger partial charge in [-0.05, 0) is 29.8 Å². The van der Waals surface area contributed by atoms with Crippen LogP contribution >= 0.6 is 11.6 Å². The van der Waals surface area contributed by atoms with Crippen LogP contribution in [0.5, 0.6) is 5.75 Å². The van der Waals surface area contributed by atoms with E-state index in [4.69, 9.17) is 22.1 Å². The molecule has 20 heavy (non-hydrogen) atoms. The van der Waals surface area contributed by atoms with Crippen LogP contribution in [-0.2, 0) is 6.54 Å². The van der Waals surface area contributed by atoms with Crippen LogP contribution in [0.15, 0.2) is 42.5 Å². The molecule has 0 aromatic heterocycles. The molecule has 0 saturated carbocycles. The van der Waals surface area contributed by atoms with Gasteiger partial charge in [-0.2, -0.15) is 0 Å². The Bertz CT molecular complexity index is 629. The van der Waals surface area contributed by atoms with Crippen LogP contribution < -0.4 is 15.8 Å². The fraction of sp³-hybridized carbons (Fsp3) is 0.133. The average molecular weight is 291 g/mol. The second kappa shape index (κ2) is 6.30. The van der Waals surface area contributed by atoms with Crippen molar-refractivity contribution in [3.8, 4) is 5.75 Å². The number of amides is 1. The van der Waals surface area contributed by atoms with Crippen LogP contribution in [0.3, 0.4) is 0 Å². The van der Waals surface area contributed by atoms with Gasteiger partial charge in [0.2, 0.25) is 0 Å². The summed E-state index contributed by atoms with van der Waals surface area (Å²) in [4.78, 5) is 12.1. The van der Waals surface area contributed by atoms with Gasteiger partial charge < -0.3 is 15.8 Å². The molecule has 0 aliphatic carbocycles. The van der Waals surface area contributed by atoms with E-state index in [1.54, 1.807) is 25.3 Å². The Balaban J connectivity index is 2.06. The van der Waals surface area contributed by atoms with E-state index in [1.165, 1.54) is 0 Å². The van der Waals surface area contributed by atoms with E-state index in [2.05, 4.69) is 5.32 Å². The van der Waals surface area contributed by atoms with Crippen molar-refractivity contribution in [3.05, 3.63) is 58.6 Å². The largest absolute Gasteiger partial charge is 0.497 e. The molecule has 0 radical (unpaired) electrons. The number of nitrogen functional groups attached to an aromatic ring is 1. The van der Waals surface area contributed by atoms with E-state index < -0.39 is 0 Å². The number of nitrogens with one attached hydrogen (secondary N) is 1. The summed E-state index contributed by atoms with van der Waals surface area (Å²) in [6, 6.07) is 12.5. The molecule has 0 unspecified atom stereocenters. The van der Waals surface area contributed by atoms with Gasteiger partial charge in [0.15, 0.2) is 0 Å². The van der Waals surface area contributed by atoms with Crippen molar-refractivity contribution in [2.45, 2.75) is 6.54 Å². The number of benzene rings is 2. The van der Waals surface area contributed by atoms with E-state index in [0.29, 0.717) is 17.8 Å². The van der Waals surface area contributed by atoms with Crippen LogP contribution in [-0.4, -0.2) is 13.0 Å². The Kier molecular flexibility index (Phi) is 4.48. The predicted molar refractivity (Wildman–Crippen MR) is 80.0 cm³/mol. The molecule has 0 aliphatic heterocycles. The molecule has 2 aromatic carbocycles. The summed E-state index contributed by atoms with van der Waals surface area (Å²) in [5.74, 6) is 0.490. The number of halogens is 1. The molecule has 0 saturated heterocycles. The Morgan fingerprint density at radius 2 is 2.05 bits per heavy atom. The molecule has 0 atom stereocenters. The number of ether oxygens (including phenoxy) is 1. The lowest BCUT2D eigenvalue weighted by atomic mass is 10.1. The third-order valence-corrected chi connectivity index (χ3v) is 3.28. The molecule has 0 aliphatic rings. The van der Waals surface area contributed by atoms with Gasteiger partial charge >= 0.3 is 0 Å². The molecular weight excluding hydrogens is 276 g/mol. The van der Waals surface area contributed by atoms with Crippen LogP contribution in [0.4, 0.5) is 5.69 Å². The average Bonchev–Trinajstić information content (AvgIpc) is 2.48. The van der Waals surface area contributed by atoms with Crippen LogP contribution in [0.1, 0.15) is 15.9 Å². The first-order chi connectivity index (χ1) is 9.61. The summed E-state index contributed by atoms with van der Waals surface area (Å²) in [5, 5.41) is 3.07. The van der Waals surface area contributed by atoms with Gasteiger partial charge in [-0.25, -0.2) is 0 Å². The summed E-state index contributed by atoms with van der Waals surface area (Å²) in [6.45, 7) is 0.390. The molecule has 5 heteroatoms. The fourth-order valence-electron chi connectivity index (χ4n) is 1.79. The van der Waals surface area contributed by atoms with Crippen LogP contribution in [0.25, 0.3) is 0 Å². The second-order valence-electron chi connectivity index (χ2n) is 4.24. The minimum Gasteiger partial charge on any atom is -0.497 e. The lowest BCUT2D eigenvalue weighted by molar-refractivity contribution is 0.0951. The quantitative estimate of drug-likeness (QED) is 0.851. The maximum atomic E-state index is 12.1. The number of anilines is 1. The molecule has 3 N–H and O–H groups in total. The minimum absolute atomic E-state index is 0.259. The molecule has 2 aromatic rings. The highest BCUT2D eigenvalue weighted by molar-refractivity contribution is 6.36. The molecular formula is C15H15ClN2O2. The van der Waals surface area contributed by atoms with Crippen molar-refractivity contribution in [3.63, 3.8) is 0 Å². The minimum atomic E-state index is -0.259. The van der Waals surface area contributed by atoms with Gasteiger partial charge in [-0.1, -0.05) is 29.8 Å². The lowest BCUT2D eigenvalue weighted by Gasteiger charge is -2.09. The van der Waals surface area contributed by atoms with E-state index >= 15 is 0 Å². The summed E-state index contributed by atoms with van der Waals surface area (Å²) < 4.78 is 5.13. The molecule has 1 amide bonds. The van der Waals surface area contributed by atoms with Gasteiger partial charge in [-0.3, -0.25) is 4.79 Å². The molecule has 0 fully saturated rings. The molecule has 4 nitrogen and oxygen atoms in total. The number of rotatable bonds is 4. The van der Waals surface area contributed by atoms with E-state index in [0.717, 1.165) is 11.3 Å². The highest BCUT2D eigenvalue weighted by Crippen LogP contribution is 2.23. The Morgan fingerprint density at radius 3 is 2.80 bits per heavy atom. The lowest BCUT2D eigenvalue weighted by Crippen LogP contribution is -2.23. The second-order valence-corrected chi connectivity index (χ2v) is 4.62. The van der Waals surface area contributed by atoms with Gasteiger partial charge in [0.1, 0.15) is 5.75 Å². The first-order valence-corrected chi connectivity index (χ1v) is 6.44. The summed E-state index contributed by atoms with van der Waals surface area (Å²) >= 11 is 6.01. The molecule has 0 heterocycles. The third-order valence-electron chi connectivity index (χ3n) is 2.86. The number of nitrogens with two attached hydrogens (primary N) is 1. The monoisotopic (exact) mass is 290 g/mol. The van der Waals surface area contributed by atoms with Crippen molar-refractivity contribution in [2.75, 3.05) is 12.8 Å². The Labute approximate surface area is 122 Å². The van der Waals surface area contributed by atoms with Gasteiger partial charge in [-0.15, -0.1) is 0 Å². The molecule has 104 valence electrons. The van der Waals surface area contributed by atoms with Crippen molar-refractivity contribution >= 4 is 23.2 Å². The van der Waals surface area contributed by atoms with Gasteiger partial charge in [0.25, 0.3) is 5.91 Å². The summed E-state index contributed by atoms with van der Waals surface area (Å²) in [5.41, 5.74) is 7.38. The zero-order valence-corrected chi connectivity index (χ0v) is 11.8. The predicted octanol–water partition coefficient (Wildman–Crippen LogP) is 2.86. The van der Waals surface area contributed by atoms with Crippen molar-refractivity contribution < 1.29 is 9.53 Å². The number of carbonyl (C=O) groups excluding carboxylic acids is 1.